The molecule has 4 heteroatoms. The highest BCUT2D eigenvalue weighted by atomic mass is 35.5. The maximum Gasteiger partial charge on any atom is 0.196 e. The molecule has 1 rings (SSSR count). The molecule has 0 saturated carbocycles. The van der Waals surface area contributed by atoms with Gasteiger partial charge in [-0.25, -0.2) is 9.97 Å². The Hall–Kier alpha value is -0.960. The van der Waals surface area contributed by atoms with E-state index in [1.54, 1.807) is 12.4 Å². The van der Waals surface area contributed by atoms with Crippen molar-refractivity contribution in [1.82, 2.24) is 9.97 Å². The summed E-state index contributed by atoms with van der Waals surface area (Å²) in [6.45, 7) is 1.43. The summed E-state index contributed by atoms with van der Waals surface area (Å²) in [5.41, 5.74) is 0.816. The second-order valence-electron chi connectivity index (χ2n) is 2.10. The SMILES string of the molecule is CC(=O)c1ncc(CCl)cn1. The molecule has 0 aromatic carbocycles. The summed E-state index contributed by atoms with van der Waals surface area (Å²) >= 11 is 5.49. The van der Waals surface area contributed by atoms with E-state index in [1.807, 2.05) is 0 Å². The van der Waals surface area contributed by atoms with Crippen LogP contribution in [0.4, 0.5) is 0 Å². The first-order valence-corrected chi connectivity index (χ1v) is 3.65. The average molecular weight is 171 g/mol. The second-order valence-corrected chi connectivity index (χ2v) is 2.37. The van der Waals surface area contributed by atoms with Gasteiger partial charge in [0.1, 0.15) is 0 Å². The first kappa shape index (κ1) is 8.14. The number of rotatable bonds is 2. The highest BCUT2D eigenvalue weighted by Crippen LogP contribution is 1.99. The Kier molecular flexibility index (Phi) is 2.54. The summed E-state index contributed by atoms with van der Waals surface area (Å²) in [5.74, 6) is 0.475. The zero-order chi connectivity index (χ0) is 8.27. The van der Waals surface area contributed by atoms with Gasteiger partial charge in [0.15, 0.2) is 11.6 Å². The highest BCUT2D eigenvalue weighted by molar-refractivity contribution is 6.17. The largest absolute Gasteiger partial charge is 0.291 e. The van der Waals surface area contributed by atoms with Crippen LogP contribution in [-0.4, -0.2) is 15.8 Å². The third kappa shape index (κ3) is 1.98. The van der Waals surface area contributed by atoms with Crippen LogP contribution in [0.5, 0.6) is 0 Å². The van der Waals surface area contributed by atoms with E-state index in [0.717, 1.165) is 5.56 Å². The molecule has 0 spiro atoms. The van der Waals surface area contributed by atoms with E-state index in [9.17, 15) is 4.79 Å². The Morgan fingerprint density at radius 2 is 2.09 bits per heavy atom. The minimum Gasteiger partial charge on any atom is -0.291 e. The Morgan fingerprint density at radius 3 is 2.45 bits per heavy atom. The molecule has 0 amide bonds. The predicted molar refractivity (Wildman–Crippen MR) is 41.6 cm³/mol. The number of aromatic nitrogens is 2. The van der Waals surface area contributed by atoms with Crippen LogP contribution in [0.1, 0.15) is 23.1 Å². The fraction of sp³-hybridized carbons (Fsp3) is 0.286. The fourth-order valence-corrected chi connectivity index (χ4v) is 0.744. The minimum atomic E-state index is -0.133. The van der Waals surface area contributed by atoms with E-state index in [0.29, 0.717) is 5.88 Å². The molecule has 0 fully saturated rings. The van der Waals surface area contributed by atoms with Crippen molar-refractivity contribution in [3.63, 3.8) is 0 Å². The minimum absolute atomic E-state index is 0.133. The number of hydrogen-bond donors (Lipinski definition) is 0. The fourth-order valence-electron chi connectivity index (χ4n) is 0.606. The number of carbonyl (C=O) groups is 1. The van der Waals surface area contributed by atoms with Gasteiger partial charge in [0, 0.05) is 24.9 Å². The predicted octanol–water partition coefficient (Wildman–Crippen LogP) is 1.42. The number of ketones is 1. The average Bonchev–Trinajstić information content (AvgIpc) is 2.05. The molecule has 3 nitrogen and oxygen atoms in total. The van der Waals surface area contributed by atoms with Crippen LogP contribution < -0.4 is 0 Å². The molecule has 0 radical (unpaired) electrons. The molecule has 11 heavy (non-hydrogen) atoms. The van der Waals surface area contributed by atoms with Crippen LogP contribution in [0.15, 0.2) is 12.4 Å². The van der Waals surface area contributed by atoms with E-state index in [2.05, 4.69) is 9.97 Å². The van der Waals surface area contributed by atoms with Crippen LogP contribution in [0.25, 0.3) is 0 Å². The van der Waals surface area contributed by atoms with Crippen molar-refractivity contribution in [3.05, 3.63) is 23.8 Å². The molecule has 0 aliphatic heterocycles. The van der Waals surface area contributed by atoms with Crippen LogP contribution in [-0.2, 0) is 5.88 Å². The number of halogens is 1. The van der Waals surface area contributed by atoms with Crippen molar-refractivity contribution in [1.29, 1.82) is 0 Å². The van der Waals surface area contributed by atoms with Gasteiger partial charge >= 0.3 is 0 Å². The Labute approximate surface area is 69.4 Å². The summed E-state index contributed by atoms with van der Waals surface area (Å²) in [6.07, 6.45) is 3.10. The van der Waals surface area contributed by atoms with Gasteiger partial charge in [-0.2, -0.15) is 0 Å². The standard InChI is InChI=1S/C7H7ClN2O/c1-5(11)7-9-3-6(2-8)4-10-7/h3-4H,2H2,1H3. The van der Waals surface area contributed by atoms with Crippen molar-refractivity contribution in [2.24, 2.45) is 0 Å². The number of nitrogens with zero attached hydrogens (tertiary/aromatic N) is 2. The van der Waals surface area contributed by atoms with Gasteiger partial charge in [0.25, 0.3) is 0 Å². The number of alkyl halides is 1. The molecule has 1 aromatic heterocycles. The van der Waals surface area contributed by atoms with Gasteiger partial charge in [-0.3, -0.25) is 4.79 Å². The van der Waals surface area contributed by atoms with Crippen molar-refractivity contribution in [2.75, 3.05) is 0 Å². The van der Waals surface area contributed by atoms with E-state index < -0.39 is 0 Å². The van der Waals surface area contributed by atoms with Gasteiger partial charge in [-0.15, -0.1) is 11.6 Å². The van der Waals surface area contributed by atoms with Gasteiger partial charge in [-0.05, 0) is 0 Å². The summed E-state index contributed by atoms with van der Waals surface area (Å²) in [4.78, 5) is 18.3. The van der Waals surface area contributed by atoms with Gasteiger partial charge in [-0.1, -0.05) is 0 Å². The molecule has 0 atom stereocenters. The maximum absolute atomic E-state index is 10.7. The molecular formula is C7H7ClN2O. The number of Topliss-reactive ketones (excluding diaryl/α,β-unsaturated/α-hetero) is 1. The normalized spacial score (nSPS) is 9.64. The molecule has 1 heterocycles. The lowest BCUT2D eigenvalue weighted by atomic mass is 10.3. The molecule has 0 aliphatic carbocycles. The second kappa shape index (κ2) is 3.44. The van der Waals surface area contributed by atoms with Crippen LogP contribution in [0, 0.1) is 0 Å². The Balaban J connectivity index is 2.91. The van der Waals surface area contributed by atoms with Gasteiger partial charge < -0.3 is 0 Å². The smallest absolute Gasteiger partial charge is 0.196 e. The summed E-state index contributed by atoms with van der Waals surface area (Å²) in [5, 5.41) is 0. The van der Waals surface area contributed by atoms with Crippen molar-refractivity contribution in [2.45, 2.75) is 12.8 Å². The lowest BCUT2D eigenvalue weighted by molar-refractivity contribution is 0.100. The molecule has 0 aliphatic rings. The zero-order valence-corrected chi connectivity index (χ0v) is 6.80. The highest BCUT2D eigenvalue weighted by Gasteiger charge is 2.00. The van der Waals surface area contributed by atoms with E-state index in [4.69, 9.17) is 11.6 Å². The Morgan fingerprint density at radius 1 is 1.55 bits per heavy atom. The summed E-state index contributed by atoms with van der Waals surface area (Å²) in [6, 6.07) is 0. The van der Waals surface area contributed by atoms with Gasteiger partial charge in [0.2, 0.25) is 0 Å². The number of hydrogen-bond acceptors (Lipinski definition) is 3. The van der Waals surface area contributed by atoms with Crippen molar-refractivity contribution in [3.8, 4) is 0 Å². The zero-order valence-electron chi connectivity index (χ0n) is 6.04. The molecule has 0 unspecified atom stereocenters. The maximum atomic E-state index is 10.7. The van der Waals surface area contributed by atoms with Crippen LogP contribution in [0.2, 0.25) is 0 Å². The molecule has 1 aromatic rings. The summed E-state index contributed by atoms with van der Waals surface area (Å²) in [7, 11) is 0. The quantitative estimate of drug-likeness (QED) is 0.498. The third-order valence-electron chi connectivity index (χ3n) is 1.17. The van der Waals surface area contributed by atoms with Crippen molar-refractivity contribution >= 4 is 17.4 Å². The first-order chi connectivity index (χ1) is 5.24. The van der Waals surface area contributed by atoms with Crippen LogP contribution >= 0.6 is 11.6 Å². The van der Waals surface area contributed by atoms with Crippen molar-refractivity contribution < 1.29 is 4.79 Å². The molecule has 0 saturated heterocycles. The topological polar surface area (TPSA) is 42.9 Å². The monoisotopic (exact) mass is 170 g/mol. The summed E-state index contributed by atoms with van der Waals surface area (Å²) < 4.78 is 0. The van der Waals surface area contributed by atoms with E-state index >= 15 is 0 Å². The third-order valence-corrected chi connectivity index (χ3v) is 1.48. The number of carbonyl (C=O) groups excluding carboxylic acids is 1. The Bertz CT molecular complexity index is 258. The molecule has 58 valence electrons. The molecule has 0 bridgehead atoms. The van der Waals surface area contributed by atoms with E-state index in [-0.39, 0.29) is 11.6 Å². The lowest BCUT2D eigenvalue weighted by Crippen LogP contribution is -2.00. The van der Waals surface area contributed by atoms with Crippen LogP contribution in [0.3, 0.4) is 0 Å². The van der Waals surface area contributed by atoms with Gasteiger partial charge in [0.05, 0.1) is 5.88 Å². The first-order valence-electron chi connectivity index (χ1n) is 3.12. The molecular weight excluding hydrogens is 164 g/mol. The molecule has 0 N–H and O–H groups in total. The lowest BCUT2D eigenvalue weighted by Gasteiger charge is -1.94. The van der Waals surface area contributed by atoms with E-state index in [1.165, 1.54) is 6.92 Å².